The number of nitro groups is 1. The maximum atomic E-state index is 14.1. The van der Waals surface area contributed by atoms with Crippen LogP contribution < -0.4 is 5.32 Å². The van der Waals surface area contributed by atoms with Crippen LogP contribution in [0.2, 0.25) is 0 Å². The first-order chi connectivity index (χ1) is 10.8. The molecular weight excluding hydrogens is 361 g/mol. The number of fused-ring (bicyclic) bond motifs is 2. The zero-order chi connectivity index (χ0) is 16.8. The maximum Gasteiger partial charge on any atom is 0.292 e. The summed E-state index contributed by atoms with van der Waals surface area (Å²) >= 11 is 0. The third-order valence-electron chi connectivity index (χ3n) is 4.74. The van der Waals surface area contributed by atoms with Gasteiger partial charge in [0.15, 0.2) is 4.90 Å². The number of nitrogens with zero attached hydrogens (tertiary/aromatic N) is 2. The number of hydrogen-bond acceptors (Lipinski definition) is 5. The predicted octanol–water partition coefficient (Wildman–Crippen LogP) is 2.06. The van der Waals surface area contributed by atoms with E-state index in [0.29, 0.717) is 12.8 Å². The Hall–Kier alpha value is -1.29. The highest BCUT2D eigenvalue weighted by Gasteiger charge is 2.41. The molecule has 2 atom stereocenters. The smallest absolute Gasteiger partial charge is 0.292 e. The first-order valence-corrected chi connectivity index (χ1v) is 8.91. The highest BCUT2D eigenvalue weighted by molar-refractivity contribution is 7.89. The molecule has 3 rings (SSSR count). The average molecular weight is 380 g/mol. The minimum Gasteiger partial charge on any atom is -0.311 e. The van der Waals surface area contributed by atoms with E-state index in [1.807, 2.05) is 0 Å². The molecule has 1 aromatic carbocycles. The Kier molecular flexibility index (Phi) is 5.48. The lowest BCUT2D eigenvalue weighted by Gasteiger charge is -2.34. The fraction of sp³-hybridized carbons (Fsp3) is 0.571. The summed E-state index contributed by atoms with van der Waals surface area (Å²) in [4.78, 5) is 9.37. The van der Waals surface area contributed by atoms with Gasteiger partial charge in [0.25, 0.3) is 15.7 Å². The fourth-order valence-corrected chi connectivity index (χ4v) is 5.13. The summed E-state index contributed by atoms with van der Waals surface area (Å²) in [6.07, 6.45) is 3.26. The van der Waals surface area contributed by atoms with Gasteiger partial charge < -0.3 is 5.32 Å². The van der Waals surface area contributed by atoms with Gasteiger partial charge in [0, 0.05) is 31.2 Å². The summed E-state index contributed by atoms with van der Waals surface area (Å²) in [7, 11) is -2.90. The Morgan fingerprint density at radius 2 is 1.88 bits per heavy atom. The van der Waals surface area contributed by atoms with E-state index in [0.717, 1.165) is 35.3 Å². The Labute approximate surface area is 145 Å². The second-order valence-corrected chi connectivity index (χ2v) is 8.06. The van der Waals surface area contributed by atoms with Gasteiger partial charge in [-0.05, 0) is 31.7 Å². The molecule has 0 saturated carbocycles. The molecule has 2 aliphatic heterocycles. The molecule has 2 heterocycles. The van der Waals surface area contributed by atoms with Gasteiger partial charge in [-0.1, -0.05) is 6.07 Å². The SMILES string of the molecule is CN(C1CC2CCC(C1)N2)S(=O)(=O)c1c(F)cccc1[N+](=O)[O-].Cl. The Bertz CT molecular complexity index is 734. The van der Waals surface area contributed by atoms with Gasteiger partial charge in [-0.15, -0.1) is 12.4 Å². The molecule has 0 amide bonds. The third-order valence-corrected chi connectivity index (χ3v) is 6.72. The van der Waals surface area contributed by atoms with Gasteiger partial charge in [0.05, 0.1) is 4.92 Å². The van der Waals surface area contributed by atoms with Crippen LogP contribution in [0.1, 0.15) is 25.7 Å². The first kappa shape index (κ1) is 19.0. The second kappa shape index (κ2) is 6.91. The summed E-state index contributed by atoms with van der Waals surface area (Å²) in [6.45, 7) is 0. The monoisotopic (exact) mass is 379 g/mol. The summed E-state index contributed by atoms with van der Waals surface area (Å²) in [5.74, 6) is -1.09. The quantitative estimate of drug-likeness (QED) is 0.638. The van der Waals surface area contributed by atoms with Crippen LogP contribution in [0.5, 0.6) is 0 Å². The third kappa shape index (κ3) is 3.26. The number of benzene rings is 1. The standard InChI is InChI=1S/C14H18FN3O4S.ClH/c1-17(11-7-9-5-6-10(8-11)16-9)23(21,22)14-12(15)3-2-4-13(14)18(19)20;/h2-4,9-11,16H,5-8H2,1H3;1H. The molecule has 2 fully saturated rings. The van der Waals surface area contributed by atoms with Crippen molar-refractivity contribution in [1.29, 1.82) is 0 Å². The molecule has 0 radical (unpaired) electrons. The summed E-state index contributed by atoms with van der Waals surface area (Å²) in [6, 6.07) is 3.31. The maximum absolute atomic E-state index is 14.1. The van der Waals surface area contributed by atoms with E-state index in [1.165, 1.54) is 7.05 Å². The average Bonchev–Trinajstić information content (AvgIpc) is 2.84. The van der Waals surface area contributed by atoms with Crippen LogP contribution in [0.25, 0.3) is 0 Å². The molecule has 24 heavy (non-hydrogen) atoms. The van der Waals surface area contributed by atoms with Crippen molar-refractivity contribution in [2.75, 3.05) is 7.05 Å². The second-order valence-electron chi connectivity index (χ2n) is 6.13. The molecule has 2 bridgehead atoms. The number of hydrogen-bond donors (Lipinski definition) is 1. The normalized spacial score (nSPS) is 26.2. The van der Waals surface area contributed by atoms with Crippen molar-refractivity contribution in [3.63, 3.8) is 0 Å². The van der Waals surface area contributed by atoms with Crippen molar-refractivity contribution in [3.05, 3.63) is 34.1 Å². The highest BCUT2D eigenvalue weighted by atomic mass is 35.5. The lowest BCUT2D eigenvalue weighted by molar-refractivity contribution is -0.388. The van der Waals surface area contributed by atoms with Gasteiger partial charge in [-0.2, -0.15) is 4.31 Å². The minimum atomic E-state index is -4.28. The Morgan fingerprint density at radius 1 is 1.29 bits per heavy atom. The predicted molar refractivity (Wildman–Crippen MR) is 88.2 cm³/mol. The minimum absolute atomic E-state index is 0. The summed E-state index contributed by atoms with van der Waals surface area (Å²) in [5.41, 5.74) is -0.728. The molecule has 2 saturated heterocycles. The number of nitro benzene ring substituents is 1. The number of nitrogens with one attached hydrogen (secondary N) is 1. The number of piperidine rings is 1. The van der Waals surface area contributed by atoms with Crippen LogP contribution in [0.4, 0.5) is 10.1 Å². The summed E-state index contributed by atoms with van der Waals surface area (Å²) in [5, 5.41) is 14.5. The van der Waals surface area contributed by atoms with Crippen LogP contribution in [0.15, 0.2) is 23.1 Å². The van der Waals surface area contributed by atoms with E-state index in [9.17, 15) is 22.9 Å². The largest absolute Gasteiger partial charge is 0.311 e. The van der Waals surface area contributed by atoms with Gasteiger partial charge in [-0.25, -0.2) is 12.8 Å². The van der Waals surface area contributed by atoms with E-state index in [2.05, 4.69) is 5.32 Å². The molecular formula is C14H19ClFN3O4S. The molecule has 134 valence electrons. The van der Waals surface area contributed by atoms with Crippen LogP contribution in [0, 0.1) is 15.9 Å². The molecule has 7 nitrogen and oxygen atoms in total. The van der Waals surface area contributed by atoms with Gasteiger partial charge in [0.1, 0.15) is 5.82 Å². The molecule has 1 N–H and O–H groups in total. The first-order valence-electron chi connectivity index (χ1n) is 7.47. The lowest BCUT2D eigenvalue weighted by atomic mass is 10.0. The zero-order valence-electron chi connectivity index (χ0n) is 13.0. The lowest BCUT2D eigenvalue weighted by Crippen LogP contribution is -2.48. The molecule has 0 aliphatic carbocycles. The van der Waals surface area contributed by atoms with E-state index >= 15 is 0 Å². The van der Waals surface area contributed by atoms with Crippen LogP contribution >= 0.6 is 12.4 Å². The van der Waals surface area contributed by atoms with Crippen LogP contribution in [-0.4, -0.2) is 42.8 Å². The molecule has 2 aliphatic rings. The van der Waals surface area contributed by atoms with Gasteiger partial charge in [-0.3, -0.25) is 10.1 Å². The van der Waals surface area contributed by atoms with E-state index in [4.69, 9.17) is 0 Å². The molecule has 2 unspecified atom stereocenters. The molecule has 10 heteroatoms. The number of halogens is 2. The van der Waals surface area contributed by atoms with Crippen molar-refractivity contribution < 1.29 is 17.7 Å². The van der Waals surface area contributed by atoms with E-state index in [-0.39, 0.29) is 30.5 Å². The number of sulfonamides is 1. The number of rotatable bonds is 4. The van der Waals surface area contributed by atoms with Crippen molar-refractivity contribution in [3.8, 4) is 0 Å². The Balaban J connectivity index is 0.00000208. The van der Waals surface area contributed by atoms with Crippen molar-refractivity contribution in [2.24, 2.45) is 0 Å². The van der Waals surface area contributed by atoms with Crippen LogP contribution in [0.3, 0.4) is 0 Å². The zero-order valence-corrected chi connectivity index (χ0v) is 14.6. The van der Waals surface area contributed by atoms with Crippen molar-refractivity contribution >= 4 is 28.1 Å². The molecule has 0 spiro atoms. The van der Waals surface area contributed by atoms with E-state index < -0.39 is 31.3 Å². The fourth-order valence-electron chi connectivity index (χ4n) is 3.56. The topological polar surface area (TPSA) is 92.6 Å². The Morgan fingerprint density at radius 3 is 2.42 bits per heavy atom. The van der Waals surface area contributed by atoms with E-state index in [1.54, 1.807) is 0 Å². The van der Waals surface area contributed by atoms with Gasteiger partial charge in [0.2, 0.25) is 0 Å². The van der Waals surface area contributed by atoms with Crippen molar-refractivity contribution in [2.45, 2.75) is 48.7 Å². The van der Waals surface area contributed by atoms with Gasteiger partial charge >= 0.3 is 0 Å². The molecule has 1 aromatic rings. The van der Waals surface area contributed by atoms with Crippen molar-refractivity contribution in [1.82, 2.24) is 9.62 Å². The van der Waals surface area contributed by atoms with Crippen LogP contribution in [-0.2, 0) is 10.0 Å². The molecule has 0 aromatic heterocycles. The highest BCUT2D eigenvalue weighted by Crippen LogP contribution is 2.34. The summed E-state index contributed by atoms with van der Waals surface area (Å²) < 4.78 is 40.7.